The second-order valence-corrected chi connectivity index (χ2v) is 21.2. The zero-order valence-corrected chi connectivity index (χ0v) is 43.8. The molecule has 2 fully saturated rings. The number of rotatable bonds is 14. The van der Waals surface area contributed by atoms with Gasteiger partial charge in [-0.15, -0.1) is 0 Å². The number of carbonyl (C=O) groups excluding carboxylic acids is 2. The SMILES string of the molecule is CC(C)N1CCn2c(C(C3CCCC3)n3ccc4cccnc43)nc(=O)c(OCc3ccccc3)c2C1=O.CC(C)N1CCn2c(C(C3CCCC3)n3ccc4cccnc43)nc(=O)c(OCc3ccccc3)c2C1=O. The first kappa shape index (κ1) is 50.3. The van der Waals surface area contributed by atoms with E-state index in [-0.39, 0.29) is 60.7 Å². The molecule has 2 unspecified atom stereocenters. The molecule has 16 nitrogen and oxygen atoms in total. The Bertz CT molecular complexity index is 3270. The van der Waals surface area contributed by atoms with Crippen molar-refractivity contribution < 1.29 is 19.1 Å². The normalized spacial score (nSPS) is 16.8. The van der Waals surface area contributed by atoms with Gasteiger partial charge in [0.25, 0.3) is 11.8 Å². The summed E-state index contributed by atoms with van der Waals surface area (Å²) < 4.78 is 20.4. The van der Waals surface area contributed by atoms with Crippen molar-refractivity contribution in [2.24, 2.45) is 11.8 Å². The predicted molar refractivity (Wildman–Crippen MR) is 291 cm³/mol. The van der Waals surface area contributed by atoms with Gasteiger partial charge < -0.3 is 37.5 Å². The van der Waals surface area contributed by atoms with Crippen LogP contribution < -0.4 is 20.6 Å². The van der Waals surface area contributed by atoms with E-state index in [9.17, 15) is 19.2 Å². The number of fused-ring (bicyclic) bond motifs is 4. The van der Waals surface area contributed by atoms with Crippen molar-refractivity contribution in [3.63, 3.8) is 0 Å². The first-order valence-electron chi connectivity index (χ1n) is 27.1. The largest absolute Gasteiger partial charge is 0.481 e. The lowest BCUT2D eigenvalue weighted by Crippen LogP contribution is -2.47. The van der Waals surface area contributed by atoms with Crippen molar-refractivity contribution in [3.05, 3.63) is 177 Å². The van der Waals surface area contributed by atoms with Gasteiger partial charge in [0.15, 0.2) is 11.4 Å². The molecule has 12 rings (SSSR count). The van der Waals surface area contributed by atoms with Gasteiger partial charge >= 0.3 is 11.1 Å². The molecule has 2 saturated carbocycles. The molecule has 2 aliphatic heterocycles. The molecule has 16 heteroatoms. The van der Waals surface area contributed by atoms with Gasteiger partial charge in [0, 0.05) is 73.8 Å². The maximum absolute atomic E-state index is 13.9. The van der Waals surface area contributed by atoms with Crippen LogP contribution in [0.3, 0.4) is 0 Å². The third kappa shape index (κ3) is 9.69. The minimum Gasteiger partial charge on any atom is -0.481 e. The summed E-state index contributed by atoms with van der Waals surface area (Å²) in [7, 11) is 0. The minimum absolute atomic E-state index is 0.00756. The van der Waals surface area contributed by atoms with Crippen LogP contribution in [0.2, 0.25) is 0 Å². The number of hydrogen-bond acceptors (Lipinski definition) is 10. The van der Waals surface area contributed by atoms with E-state index in [4.69, 9.17) is 9.47 Å². The van der Waals surface area contributed by atoms with Crippen molar-refractivity contribution in [2.75, 3.05) is 13.1 Å². The van der Waals surface area contributed by atoms with E-state index < -0.39 is 11.1 Å². The molecule has 6 aromatic heterocycles. The lowest BCUT2D eigenvalue weighted by Gasteiger charge is -2.36. The topological polar surface area (TPSA) is 164 Å². The number of hydrogen-bond donors (Lipinski definition) is 0. The average molecular weight is 1020 g/mol. The third-order valence-electron chi connectivity index (χ3n) is 15.9. The molecular formula is C60H66N10O6. The molecule has 0 radical (unpaired) electrons. The fourth-order valence-corrected chi connectivity index (χ4v) is 12.1. The molecule has 2 amide bonds. The molecule has 392 valence electrons. The average Bonchev–Trinajstić information content (AvgIpc) is 4.41. The van der Waals surface area contributed by atoms with Gasteiger partial charge in [-0.3, -0.25) is 19.2 Å². The second kappa shape index (κ2) is 21.8. The van der Waals surface area contributed by atoms with Crippen molar-refractivity contribution in [1.82, 2.24) is 48.0 Å². The molecule has 76 heavy (non-hydrogen) atoms. The number of amides is 2. The summed E-state index contributed by atoms with van der Waals surface area (Å²) in [6, 6.07) is 31.0. The molecule has 4 aliphatic rings. The predicted octanol–water partition coefficient (Wildman–Crippen LogP) is 9.63. The Morgan fingerprint density at radius 1 is 0.500 bits per heavy atom. The first-order valence-corrected chi connectivity index (χ1v) is 27.1. The Morgan fingerprint density at radius 2 is 0.895 bits per heavy atom. The summed E-state index contributed by atoms with van der Waals surface area (Å²) in [5.41, 5.74) is 3.21. The number of pyridine rings is 2. The summed E-state index contributed by atoms with van der Waals surface area (Å²) in [5.74, 6) is 1.55. The number of carbonyl (C=O) groups is 2. The van der Waals surface area contributed by atoms with Gasteiger partial charge in [-0.1, -0.05) is 86.3 Å². The molecule has 2 aromatic carbocycles. The number of benzene rings is 2. The van der Waals surface area contributed by atoms with Crippen LogP contribution >= 0.6 is 0 Å². The van der Waals surface area contributed by atoms with Gasteiger partial charge in [-0.05, 0) is 113 Å². The Labute approximate surface area is 442 Å². The van der Waals surface area contributed by atoms with Crippen LogP contribution in [0.25, 0.3) is 22.1 Å². The fourth-order valence-electron chi connectivity index (χ4n) is 12.1. The van der Waals surface area contributed by atoms with E-state index in [1.54, 1.807) is 12.4 Å². The highest BCUT2D eigenvalue weighted by molar-refractivity contribution is 5.97. The summed E-state index contributed by atoms with van der Waals surface area (Å²) >= 11 is 0. The fraction of sp³-hybridized carbons (Fsp3) is 0.400. The lowest BCUT2D eigenvalue weighted by molar-refractivity contribution is 0.0623. The molecule has 0 spiro atoms. The quantitative estimate of drug-likeness (QED) is 0.102. The molecule has 2 atom stereocenters. The van der Waals surface area contributed by atoms with Crippen LogP contribution in [0.4, 0.5) is 0 Å². The van der Waals surface area contributed by atoms with Crippen LogP contribution in [0.1, 0.15) is 135 Å². The molecule has 8 heterocycles. The van der Waals surface area contributed by atoms with Gasteiger partial charge in [0.1, 0.15) is 36.2 Å². The van der Waals surface area contributed by atoms with E-state index in [0.717, 1.165) is 84.6 Å². The Balaban J connectivity index is 0.000000162. The van der Waals surface area contributed by atoms with Crippen LogP contribution in [0, 0.1) is 11.8 Å². The third-order valence-corrected chi connectivity index (χ3v) is 15.9. The lowest BCUT2D eigenvalue weighted by atomic mass is 9.96. The van der Waals surface area contributed by atoms with Gasteiger partial charge in [-0.2, -0.15) is 9.97 Å². The molecular weight excluding hydrogens is 957 g/mol. The minimum atomic E-state index is -0.492. The second-order valence-electron chi connectivity index (χ2n) is 21.2. The Kier molecular flexibility index (Phi) is 14.4. The van der Waals surface area contributed by atoms with E-state index in [0.29, 0.717) is 61.1 Å². The number of nitrogens with zero attached hydrogens (tertiary/aromatic N) is 10. The van der Waals surface area contributed by atoms with Crippen LogP contribution in [-0.2, 0) is 26.3 Å². The summed E-state index contributed by atoms with van der Waals surface area (Å²) in [6.45, 7) is 10.6. The summed E-state index contributed by atoms with van der Waals surface area (Å²) in [6.07, 6.45) is 16.4. The summed E-state index contributed by atoms with van der Waals surface area (Å²) in [5, 5.41) is 2.09. The van der Waals surface area contributed by atoms with Crippen molar-refractivity contribution >= 4 is 33.9 Å². The number of ether oxygens (including phenoxy) is 2. The molecule has 0 N–H and O–H groups in total. The zero-order valence-electron chi connectivity index (χ0n) is 43.8. The highest BCUT2D eigenvalue weighted by atomic mass is 16.5. The standard InChI is InChI=1S/2C30H33N5O3/c2*1-20(2)33-17-18-35-25(30(33)37)26(38-19-21-9-4-3-5-10-21)29(36)32-28(35)24(22-11-6-7-12-22)34-16-14-23-13-8-15-31-27(23)34/h2*3-5,8-10,13-16,20,22,24H,6-7,11-12,17-19H2,1-2H3. The van der Waals surface area contributed by atoms with Crippen molar-refractivity contribution in [1.29, 1.82) is 0 Å². The molecule has 0 saturated heterocycles. The Morgan fingerprint density at radius 3 is 1.28 bits per heavy atom. The van der Waals surface area contributed by atoms with E-state index >= 15 is 0 Å². The van der Waals surface area contributed by atoms with Gasteiger partial charge in [0.05, 0.1) is 12.1 Å². The molecule has 0 bridgehead atoms. The highest BCUT2D eigenvalue weighted by Gasteiger charge is 2.40. The smallest absolute Gasteiger partial charge is 0.316 e. The van der Waals surface area contributed by atoms with E-state index in [1.165, 1.54) is 0 Å². The van der Waals surface area contributed by atoms with Gasteiger partial charge in [-0.25, -0.2) is 9.97 Å². The molecule has 8 aromatic rings. The number of aromatic nitrogens is 8. The Hall–Kier alpha value is -7.88. The van der Waals surface area contributed by atoms with E-state index in [2.05, 4.69) is 41.2 Å². The van der Waals surface area contributed by atoms with Crippen molar-refractivity contribution in [3.8, 4) is 11.5 Å². The maximum atomic E-state index is 13.9. The van der Waals surface area contributed by atoms with Crippen LogP contribution in [0.15, 0.2) is 131 Å². The van der Waals surface area contributed by atoms with Crippen LogP contribution in [0.5, 0.6) is 11.5 Å². The molecule has 2 aliphatic carbocycles. The van der Waals surface area contributed by atoms with Crippen LogP contribution in [-0.4, -0.2) is 85.0 Å². The first-order chi connectivity index (χ1) is 37.0. The maximum Gasteiger partial charge on any atom is 0.316 e. The summed E-state index contributed by atoms with van der Waals surface area (Å²) in [4.78, 5) is 77.4. The highest BCUT2D eigenvalue weighted by Crippen LogP contribution is 2.42. The van der Waals surface area contributed by atoms with Crippen molar-refractivity contribution in [2.45, 2.75) is 130 Å². The van der Waals surface area contributed by atoms with Gasteiger partial charge in [0.2, 0.25) is 11.5 Å². The zero-order chi connectivity index (χ0) is 52.5. The van der Waals surface area contributed by atoms with E-state index in [1.807, 2.05) is 144 Å². The monoisotopic (exact) mass is 1020 g/mol.